The van der Waals surface area contributed by atoms with Crippen LogP contribution in [0.2, 0.25) is 0 Å². The van der Waals surface area contributed by atoms with Crippen molar-refractivity contribution in [2.75, 3.05) is 0 Å². The summed E-state index contributed by atoms with van der Waals surface area (Å²) >= 11 is 1.80. The lowest BCUT2D eigenvalue weighted by Crippen LogP contribution is -2.26. The summed E-state index contributed by atoms with van der Waals surface area (Å²) in [5, 5.41) is 20.9. The van der Waals surface area contributed by atoms with Gasteiger partial charge in [-0.25, -0.2) is 14.5 Å². The summed E-state index contributed by atoms with van der Waals surface area (Å²) in [6, 6.07) is 9.43. The van der Waals surface area contributed by atoms with E-state index in [-0.39, 0.29) is 5.82 Å². The molecular weight excluding hydrogens is 474 g/mol. The number of fused-ring (bicyclic) bond motifs is 5. The Morgan fingerprint density at radius 1 is 1.19 bits per heavy atom. The van der Waals surface area contributed by atoms with E-state index < -0.39 is 4.92 Å². The van der Waals surface area contributed by atoms with Gasteiger partial charge >= 0.3 is 5.82 Å². The first-order valence-corrected chi connectivity index (χ1v) is 12.9. The summed E-state index contributed by atoms with van der Waals surface area (Å²) < 4.78 is 3.43. The molecule has 0 N–H and O–H groups in total. The number of hydrogen-bond donors (Lipinski definition) is 0. The van der Waals surface area contributed by atoms with E-state index in [1.165, 1.54) is 22.9 Å². The van der Waals surface area contributed by atoms with Crippen molar-refractivity contribution in [1.82, 2.24) is 29.4 Å². The minimum absolute atomic E-state index is 0.137. The van der Waals surface area contributed by atoms with Gasteiger partial charge in [-0.15, -0.1) is 16.4 Å². The normalized spacial score (nSPS) is 16.1. The summed E-state index contributed by atoms with van der Waals surface area (Å²) in [6.07, 6.45) is 5.11. The molecule has 0 fully saturated rings. The molecule has 10 heteroatoms. The van der Waals surface area contributed by atoms with Gasteiger partial charge in [0.1, 0.15) is 11.2 Å². The van der Waals surface area contributed by atoms with Crippen LogP contribution >= 0.6 is 11.3 Å². The van der Waals surface area contributed by atoms with Gasteiger partial charge in [0.15, 0.2) is 11.5 Å². The van der Waals surface area contributed by atoms with Gasteiger partial charge in [-0.05, 0) is 53.6 Å². The molecule has 4 aromatic heterocycles. The van der Waals surface area contributed by atoms with Crippen LogP contribution in [-0.4, -0.2) is 34.3 Å². The number of rotatable bonds is 4. The zero-order chi connectivity index (χ0) is 25.2. The summed E-state index contributed by atoms with van der Waals surface area (Å²) in [6.45, 7) is 9.28. The lowest BCUT2D eigenvalue weighted by atomic mass is 9.72. The average molecular weight is 502 g/mol. The van der Waals surface area contributed by atoms with Crippen LogP contribution < -0.4 is 0 Å². The highest BCUT2D eigenvalue weighted by atomic mass is 32.1. The molecule has 0 saturated carbocycles. The SMILES string of the molecule is Cc1cc([N+](=O)[O-])nn1Cc1ccc(-c2nc3c4c5c(sc4ncn3n2)CC(C(C)(C)C)CC5)cc1. The van der Waals surface area contributed by atoms with Crippen molar-refractivity contribution in [1.29, 1.82) is 0 Å². The Kier molecular flexibility index (Phi) is 5.18. The van der Waals surface area contributed by atoms with E-state index in [0.29, 0.717) is 23.7 Å². The predicted molar refractivity (Wildman–Crippen MR) is 139 cm³/mol. The van der Waals surface area contributed by atoms with Crippen molar-refractivity contribution in [3.63, 3.8) is 0 Å². The Balaban J connectivity index is 1.31. The molecule has 0 aliphatic heterocycles. The van der Waals surface area contributed by atoms with Gasteiger partial charge in [0.2, 0.25) is 0 Å². The lowest BCUT2D eigenvalue weighted by molar-refractivity contribution is -0.389. The summed E-state index contributed by atoms with van der Waals surface area (Å²) in [5.74, 6) is 1.20. The van der Waals surface area contributed by atoms with E-state index in [1.54, 1.807) is 26.9 Å². The fourth-order valence-electron chi connectivity index (χ4n) is 5.11. The first-order chi connectivity index (χ1) is 17.2. The zero-order valence-corrected chi connectivity index (χ0v) is 21.5. The Morgan fingerprint density at radius 2 is 1.97 bits per heavy atom. The minimum atomic E-state index is -0.471. The van der Waals surface area contributed by atoms with E-state index in [1.807, 2.05) is 31.2 Å². The maximum absolute atomic E-state index is 11.0. The molecule has 0 saturated heterocycles. The third kappa shape index (κ3) is 3.85. The second-order valence-corrected chi connectivity index (χ2v) is 11.8. The number of nitrogens with zero attached hydrogens (tertiary/aromatic N) is 7. The monoisotopic (exact) mass is 501 g/mol. The first kappa shape index (κ1) is 22.8. The van der Waals surface area contributed by atoms with Crippen molar-refractivity contribution < 1.29 is 4.92 Å². The first-order valence-electron chi connectivity index (χ1n) is 12.1. The topological polar surface area (TPSA) is 104 Å². The molecule has 1 aromatic carbocycles. The second kappa shape index (κ2) is 8.19. The summed E-state index contributed by atoms with van der Waals surface area (Å²) in [4.78, 5) is 22.7. The van der Waals surface area contributed by atoms with Gasteiger partial charge in [0.05, 0.1) is 28.8 Å². The van der Waals surface area contributed by atoms with E-state index in [4.69, 9.17) is 15.1 Å². The minimum Gasteiger partial charge on any atom is -0.358 e. The molecular formula is C26H27N7O2S. The molecule has 36 heavy (non-hydrogen) atoms. The maximum Gasteiger partial charge on any atom is 0.390 e. The Bertz CT molecular complexity index is 1620. The van der Waals surface area contributed by atoms with Gasteiger partial charge in [-0.1, -0.05) is 45.0 Å². The second-order valence-electron chi connectivity index (χ2n) is 10.7. The third-order valence-electron chi connectivity index (χ3n) is 7.31. The van der Waals surface area contributed by atoms with E-state index in [9.17, 15) is 10.1 Å². The van der Waals surface area contributed by atoms with Crippen LogP contribution in [0.25, 0.3) is 27.3 Å². The van der Waals surface area contributed by atoms with Crippen LogP contribution in [0.15, 0.2) is 36.7 Å². The number of aromatic nitrogens is 6. The molecule has 0 bridgehead atoms. The molecule has 6 rings (SSSR count). The summed E-state index contributed by atoms with van der Waals surface area (Å²) in [5.41, 5.74) is 5.22. The van der Waals surface area contributed by atoms with Crippen LogP contribution in [-0.2, 0) is 19.4 Å². The number of thiophene rings is 1. The quantitative estimate of drug-likeness (QED) is 0.234. The molecule has 0 radical (unpaired) electrons. The van der Waals surface area contributed by atoms with Crippen molar-refractivity contribution in [3.8, 4) is 11.4 Å². The largest absolute Gasteiger partial charge is 0.390 e. The standard InChI is InChI=1S/C26H27N7O2S/c1-15-11-21(33(34)35)29-31(15)13-16-5-7-17(8-6-16)23-28-24-22-19-10-9-18(26(2,3)4)12-20(19)36-25(22)27-14-32(24)30-23/h5-8,11,14,18H,9-10,12-13H2,1-4H3. The van der Waals surface area contributed by atoms with Gasteiger partial charge < -0.3 is 10.1 Å². The van der Waals surface area contributed by atoms with Crippen LogP contribution in [0.4, 0.5) is 5.82 Å². The molecule has 1 unspecified atom stereocenters. The molecule has 0 spiro atoms. The highest BCUT2D eigenvalue weighted by molar-refractivity contribution is 7.19. The molecule has 1 atom stereocenters. The maximum atomic E-state index is 11.0. The molecule has 1 aliphatic rings. The van der Waals surface area contributed by atoms with Gasteiger partial charge in [-0.3, -0.25) is 0 Å². The fourth-order valence-corrected chi connectivity index (χ4v) is 6.37. The van der Waals surface area contributed by atoms with Crippen LogP contribution in [0.1, 0.15) is 48.9 Å². The third-order valence-corrected chi connectivity index (χ3v) is 8.47. The smallest absolute Gasteiger partial charge is 0.358 e. The van der Waals surface area contributed by atoms with E-state index in [0.717, 1.165) is 45.5 Å². The van der Waals surface area contributed by atoms with Crippen LogP contribution in [0.5, 0.6) is 0 Å². The fraction of sp³-hybridized carbons (Fsp3) is 0.385. The van der Waals surface area contributed by atoms with Crippen LogP contribution in [0, 0.1) is 28.4 Å². The van der Waals surface area contributed by atoms with Gasteiger partial charge in [0.25, 0.3) is 0 Å². The molecule has 4 heterocycles. The highest BCUT2D eigenvalue weighted by Gasteiger charge is 2.31. The zero-order valence-electron chi connectivity index (χ0n) is 20.7. The number of nitro groups is 1. The Labute approximate surface area is 212 Å². The Morgan fingerprint density at radius 3 is 2.67 bits per heavy atom. The molecule has 184 valence electrons. The van der Waals surface area contributed by atoms with Gasteiger partial charge in [0, 0.05) is 10.4 Å². The van der Waals surface area contributed by atoms with Gasteiger partial charge in [-0.2, -0.15) is 4.68 Å². The highest BCUT2D eigenvalue weighted by Crippen LogP contribution is 2.43. The average Bonchev–Trinajstić information content (AvgIpc) is 3.53. The number of benzene rings is 1. The lowest BCUT2D eigenvalue weighted by Gasteiger charge is -2.33. The van der Waals surface area contributed by atoms with Crippen LogP contribution in [0.3, 0.4) is 0 Å². The molecule has 5 aromatic rings. The molecule has 9 nitrogen and oxygen atoms in total. The molecule has 0 amide bonds. The Hall–Kier alpha value is -3.66. The number of hydrogen-bond acceptors (Lipinski definition) is 7. The predicted octanol–water partition coefficient (Wildman–Crippen LogP) is 5.62. The van der Waals surface area contributed by atoms with Crippen molar-refractivity contribution in [2.24, 2.45) is 11.3 Å². The van der Waals surface area contributed by atoms with E-state index in [2.05, 4.69) is 25.9 Å². The van der Waals surface area contributed by atoms with Crippen molar-refractivity contribution in [3.05, 3.63) is 68.5 Å². The van der Waals surface area contributed by atoms with Crippen molar-refractivity contribution in [2.45, 2.75) is 53.5 Å². The summed E-state index contributed by atoms with van der Waals surface area (Å²) in [7, 11) is 0. The number of aryl methyl sites for hydroxylation is 2. The van der Waals surface area contributed by atoms with E-state index >= 15 is 0 Å². The molecule has 1 aliphatic carbocycles. The van der Waals surface area contributed by atoms with Crippen molar-refractivity contribution >= 4 is 33.0 Å².